The van der Waals surface area contributed by atoms with Crippen LogP contribution in [0, 0.1) is 11.3 Å². The molecular formula is C16H28N4O. The Morgan fingerprint density at radius 1 is 1.33 bits per heavy atom. The van der Waals surface area contributed by atoms with Crippen LogP contribution < -0.4 is 10.6 Å². The van der Waals surface area contributed by atoms with Crippen molar-refractivity contribution in [2.45, 2.75) is 70.0 Å². The maximum atomic E-state index is 12.4. The van der Waals surface area contributed by atoms with E-state index in [1.54, 1.807) is 0 Å². The van der Waals surface area contributed by atoms with Gasteiger partial charge >= 0.3 is 0 Å². The summed E-state index contributed by atoms with van der Waals surface area (Å²) in [7, 11) is 0. The Kier molecular flexibility index (Phi) is 5.60. The Labute approximate surface area is 128 Å². The average molecular weight is 292 g/mol. The fraction of sp³-hybridized carbons (Fsp3) is 0.875. The Hall–Kier alpha value is -1.12. The zero-order chi connectivity index (χ0) is 15.3. The van der Waals surface area contributed by atoms with E-state index in [1.807, 2.05) is 0 Å². The predicted molar refractivity (Wildman–Crippen MR) is 82.7 cm³/mol. The maximum Gasteiger partial charge on any atom is 0.235 e. The van der Waals surface area contributed by atoms with Crippen LogP contribution in [0.4, 0.5) is 0 Å². The van der Waals surface area contributed by atoms with Gasteiger partial charge in [-0.15, -0.1) is 0 Å². The van der Waals surface area contributed by atoms with Crippen LogP contribution in [-0.4, -0.2) is 48.1 Å². The number of nitrogens with zero attached hydrogens (tertiary/aromatic N) is 2. The molecule has 21 heavy (non-hydrogen) atoms. The highest BCUT2D eigenvalue weighted by Gasteiger charge is 2.33. The molecule has 118 valence electrons. The first-order valence-corrected chi connectivity index (χ1v) is 8.24. The molecule has 2 fully saturated rings. The lowest BCUT2D eigenvalue weighted by Crippen LogP contribution is -2.58. The van der Waals surface area contributed by atoms with E-state index in [2.05, 4.69) is 35.5 Å². The second-order valence-electron chi connectivity index (χ2n) is 6.74. The number of hydrogen-bond acceptors (Lipinski definition) is 4. The van der Waals surface area contributed by atoms with E-state index >= 15 is 0 Å². The van der Waals surface area contributed by atoms with Gasteiger partial charge in [-0.3, -0.25) is 9.69 Å². The number of rotatable bonds is 3. The molecule has 0 aromatic heterocycles. The number of amides is 1. The second kappa shape index (κ2) is 7.24. The van der Waals surface area contributed by atoms with E-state index in [4.69, 9.17) is 0 Å². The first-order chi connectivity index (χ1) is 10.0. The molecule has 0 bridgehead atoms. The van der Waals surface area contributed by atoms with Gasteiger partial charge in [0.15, 0.2) is 0 Å². The molecule has 0 spiro atoms. The van der Waals surface area contributed by atoms with Gasteiger partial charge in [-0.05, 0) is 26.7 Å². The van der Waals surface area contributed by atoms with Crippen LogP contribution in [0.15, 0.2) is 0 Å². The molecule has 0 radical (unpaired) electrons. The van der Waals surface area contributed by atoms with E-state index < -0.39 is 5.54 Å². The van der Waals surface area contributed by atoms with Crippen molar-refractivity contribution < 1.29 is 4.79 Å². The monoisotopic (exact) mass is 292 g/mol. The molecule has 5 nitrogen and oxygen atoms in total. The highest BCUT2D eigenvalue weighted by Crippen LogP contribution is 2.26. The van der Waals surface area contributed by atoms with E-state index in [0.717, 1.165) is 38.8 Å². The highest BCUT2D eigenvalue weighted by atomic mass is 16.2. The Bertz CT molecular complexity index is 396. The van der Waals surface area contributed by atoms with Crippen molar-refractivity contribution in [1.82, 2.24) is 15.5 Å². The van der Waals surface area contributed by atoms with Gasteiger partial charge in [-0.1, -0.05) is 25.7 Å². The molecule has 0 aromatic rings. The van der Waals surface area contributed by atoms with E-state index in [-0.39, 0.29) is 5.91 Å². The van der Waals surface area contributed by atoms with Crippen molar-refractivity contribution in [1.29, 1.82) is 5.26 Å². The third-order valence-corrected chi connectivity index (χ3v) is 4.79. The van der Waals surface area contributed by atoms with Crippen LogP contribution in [0.5, 0.6) is 0 Å². The highest BCUT2D eigenvalue weighted by molar-refractivity contribution is 5.79. The SMILES string of the molecule is CC1CN(CC(=O)NC2(C#N)CCCCCC2)C(C)CN1. The lowest BCUT2D eigenvalue weighted by Gasteiger charge is -2.37. The normalized spacial score (nSPS) is 30.1. The van der Waals surface area contributed by atoms with Crippen LogP contribution in [0.3, 0.4) is 0 Å². The number of nitrogens with one attached hydrogen (secondary N) is 2. The summed E-state index contributed by atoms with van der Waals surface area (Å²) in [6, 6.07) is 3.16. The molecule has 2 N–H and O–H groups in total. The van der Waals surface area contributed by atoms with Crippen LogP contribution in [0.2, 0.25) is 0 Å². The average Bonchev–Trinajstić information content (AvgIpc) is 2.69. The summed E-state index contributed by atoms with van der Waals surface area (Å²) in [6.07, 6.45) is 6.01. The van der Waals surface area contributed by atoms with E-state index in [1.165, 1.54) is 12.8 Å². The smallest absolute Gasteiger partial charge is 0.235 e. The molecule has 5 heteroatoms. The minimum absolute atomic E-state index is 0.000556. The third kappa shape index (κ3) is 4.42. The fourth-order valence-corrected chi connectivity index (χ4v) is 3.41. The molecule has 1 aliphatic carbocycles. The summed E-state index contributed by atoms with van der Waals surface area (Å²) in [5.41, 5.74) is -0.628. The van der Waals surface area contributed by atoms with Gasteiger partial charge in [0.1, 0.15) is 5.54 Å². The molecule has 1 aliphatic heterocycles. The summed E-state index contributed by atoms with van der Waals surface area (Å²) in [6.45, 7) is 6.47. The van der Waals surface area contributed by atoms with Crippen LogP contribution in [-0.2, 0) is 4.79 Å². The zero-order valence-corrected chi connectivity index (χ0v) is 13.3. The largest absolute Gasteiger partial charge is 0.337 e. The van der Waals surface area contributed by atoms with Crippen molar-refractivity contribution in [3.8, 4) is 6.07 Å². The molecule has 1 heterocycles. The summed E-state index contributed by atoms with van der Waals surface area (Å²) in [4.78, 5) is 14.6. The molecule has 1 saturated heterocycles. The number of carbonyl (C=O) groups is 1. The molecular weight excluding hydrogens is 264 g/mol. The van der Waals surface area contributed by atoms with Gasteiger partial charge in [-0.25, -0.2) is 0 Å². The molecule has 1 saturated carbocycles. The molecule has 1 amide bonds. The number of nitriles is 1. The summed E-state index contributed by atoms with van der Waals surface area (Å²) in [5.74, 6) is -0.000556. The number of hydrogen-bond donors (Lipinski definition) is 2. The topological polar surface area (TPSA) is 68.2 Å². The van der Waals surface area contributed by atoms with Gasteiger partial charge in [0.05, 0.1) is 12.6 Å². The first kappa shape index (κ1) is 16.3. The lowest BCUT2D eigenvalue weighted by atomic mass is 9.92. The zero-order valence-electron chi connectivity index (χ0n) is 13.3. The Morgan fingerprint density at radius 2 is 2.00 bits per heavy atom. The van der Waals surface area contributed by atoms with Gasteiger partial charge in [-0.2, -0.15) is 5.26 Å². The summed E-state index contributed by atoms with van der Waals surface area (Å²) < 4.78 is 0. The lowest BCUT2D eigenvalue weighted by molar-refractivity contribution is -0.124. The Morgan fingerprint density at radius 3 is 2.62 bits per heavy atom. The predicted octanol–water partition coefficient (Wildman–Crippen LogP) is 1.40. The van der Waals surface area contributed by atoms with Gasteiger partial charge in [0.25, 0.3) is 0 Å². The number of carbonyl (C=O) groups excluding carboxylic acids is 1. The van der Waals surface area contributed by atoms with Crippen molar-refractivity contribution in [3.63, 3.8) is 0 Å². The fourth-order valence-electron chi connectivity index (χ4n) is 3.41. The molecule has 0 aromatic carbocycles. The molecule has 2 unspecified atom stereocenters. The van der Waals surface area contributed by atoms with Crippen LogP contribution >= 0.6 is 0 Å². The Balaban J connectivity index is 1.91. The van der Waals surface area contributed by atoms with Gasteiger partial charge < -0.3 is 10.6 Å². The standard InChI is InChI=1S/C16H28N4O/c1-13-10-20(14(2)9-18-13)11-15(21)19-16(12-17)7-5-3-4-6-8-16/h13-14,18H,3-11H2,1-2H3,(H,19,21). The van der Waals surface area contributed by atoms with Crippen molar-refractivity contribution in [3.05, 3.63) is 0 Å². The van der Waals surface area contributed by atoms with Crippen molar-refractivity contribution in [2.24, 2.45) is 0 Å². The first-order valence-electron chi connectivity index (χ1n) is 8.24. The maximum absolute atomic E-state index is 12.4. The molecule has 2 atom stereocenters. The van der Waals surface area contributed by atoms with Gasteiger partial charge in [0, 0.05) is 25.2 Å². The summed E-state index contributed by atoms with van der Waals surface area (Å²) in [5, 5.41) is 16.0. The second-order valence-corrected chi connectivity index (χ2v) is 6.74. The minimum Gasteiger partial charge on any atom is -0.337 e. The van der Waals surface area contributed by atoms with Gasteiger partial charge in [0.2, 0.25) is 5.91 Å². The molecule has 2 aliphatic rings. The van der Waals surface area contributed by atoms with E-state index in [9.17, 15) is 10.1 Å². The van der Waals surface area contributed by atoms with Crippen molar-refractivity contribution in [2.75, 3.05) is 19.6 Å². The third-order valence-electron chi connectivity index (χ3n) is 4.79. The quantitative estimate of drug-likeness (QED) is 0.772. The van der Waals surface area contributed by atoms with Crippen LogP contribution in [0.25, 0.3) is 0 Å². The number of piperazine rings is 1. The van der Waals surface area contributed by atoms with E-state index in [0.29, 0.717) is 18.6 Å². The minimum atomic E-state index is -0.628. The molecule has 2 rings (SSSR count). The van der Waals surface area contributed by atoms with Crippen LogP contribution in [0.1, 0.15) is 52.4 Å². The summed E-state index contributed by atoms with van der Waals surface area (Å²) >= 11 is 0. The van der Waals surface area contributed by atoms with Crippen molar-refractivity contribution >= 4 is 5.91 Å².